The maximum absolute atomic E-state index is 14.2. The number of fused-ring (bicyclic) bond motifs is 3. The zero-order valence-electron chi connectivity index (χ0n) is 14.4. The van der Waals surface area contributed by atoms with E-state index < -0.39 is 11.6 Å². The maximum atomic E-state index is 14.2. The molecule has 1 fully saturated rings. The Morgan fingerprint density at radius 3 is 2.81 bits per heavy atom. The number of ether oxygens (including phenoxy) is 1. The molecule has 2 aromatic carbocycles. The zero-order chi connectivity index (χ0) is 18.5. The van der Waals surface area contributed by atoms with Crippen molar-refractivity contribution < 1.29 is 13.5 Å². The number of halogens is 3. The van der Waals surface area contributed by atoms with Gasteiger partial charge in [0.05, 0.1) is 0 Å². The van der Waals surface area contributed by atoms with E-state index in [-0.39, 0.29) is 6.61 Å². The molecule has 27 heavy (non-hydrogen) atoms. The first-order valence-corrected chi connectivity index (χ1v) is 9.32. The lowest BCUT2D eigenvalue weighted by atomic mass is 10.0. The third kappa shape index (κ3) is 3.08. The van der Waals surface area contributed by atoms with Gasteiger partial charge in [-0.05, 0) is 71.7 Å². The number of pyridine rings is 1. The molecule has 2 atom stereocenters. The van der Waals surface area contributed by atoms with Gasteiger partial charge in [0, 0.05) is 28.4 Å². The predicted molar refractivity (Wildman–Crippen MR) is 99.9 cm³/mol. The minimum Gasteiger partial charge on any atom is -0.473 e. The molecule has 0 bridgehead atoms. The molecule has 0 amide bonds. The molecule has 2 nitrogen and oxygen atoms in total. The van der Waals surface area contributed by atoms with E-state index in [1.807, 2.05) is 12.3 Å². The standard InChI is InChI=1S/C22H16ClF2NO/c23-16-2-3-17(21(25)9-16)12-1-4-20(24)15(5-12)11-27-22-8-14-6-13-7-18(13)19(14)10-26-22/h1-5,8-10,13,18H,6-7,11H2. The fraction of sp³-hybridized carbons (Fsp3) is 0.227. The summed E-state index contributed by atoms with van der Waals surface area (Å²) >= 11 is 5.80. The monoisotopic (exact) mass is 383 g/mol. The predicted octanol–water partition coefficient (Wildman–Crippen LogP) is 5.92. The third-order valence-electron chi connectivity index (χ3n) is 5.47. The molecular formula is C22H16ClF2NO. The topological polar surface area (TPSA) is 22.1 Å². The molecule has 5 rings (SSSR count). The molecule has 2 aliphatic carbocycles. The molecule has 1 aromatic heterocycles. The Kier molecular flexibility index (Phi) is 3.90. The second-order valence-corrected chi connectivity index (χ2v) is 7.68. The Labute approximate surface area is 160 Å². The lowest BCUT2D eigenvalue weighted by Crippen LogP contribution is -2.02. The molecule has 136 valence electrons. The van der Waals surface area contributed by atoms with Gasteiger partial charge < -0.3 is 4.74 Å². The fourth-order valence-corrected chi connectivity index (χ4v) is 4.10. The lowest BCUT2D eigenvalue weighted by Gasteiger charge is -2.11. The molecule has 0 aliphatic heterocycles. The van der Waals surface area contributed by atoms with E-state index in [9.17, 15) is 8.78 Å². The van der Waals surface area contributed by atoms with Crippen LogP contribution in [0, 0.1) is 17.6 Å². The summed E-state index contributed by atoms with van der Waals surface area (Å²) in [5, 5.41) is 0.322. The van der Waals surface area contributed by atoms with Crippen LogP contribution in [0.5, 0.6) is 5.88 Å². The van der Waals surface area contributed by atoms with Crippen LogP contribution in [0.2, 0.25) is 5.02 Å². The van der Waals surface area contributed by atoms with Gasteiger partial charge in [0.25, 0.3) is 0 Å². The second kappa shape index (κ2) is 6.31. The van der Waals surface area contributed by atoms with Crippen molar-refractivity contribution >= 4 is 11.6 Å². The zero-order valence-corrected chi connectivity index (χ0v) is 15.1. The van der Waals surface area contributed by atoms with E-state index in [1.165, 1.54) is 29.7 Å². The number of aromatic nitrogens is 1. The lowest BCUT2D eigenvalue weighted by molar-refractivity contribution is 0.287. The van der Waals surface area contributed by atoms with Crippen LogP contribution in [0.4, 0.5) is 8.78 Å². The summed E-state index contributed by atoms with van der Waals surface area (Å²) in [5.74, 6) is 1.12. The van der Waals surface area contributed by atoms with Crippen molar-refractivity contribution in [1.29, 1.82) is 0 Å². The molecule has 0 spiro atoms. The number of hydrogen-bond acceptors (Lipinski definition) is 2. The van der Waals surface area contributed by atoms with Gasteiger partial charge in [-0.15, -0.1) is 0 Å². The third-order valence-corrected chi connectivity index (χ3v) is 5.70. The van der Waals surface area contributed by atoms with Crippen LogP contribution in [0.1, 0.15) is 29.0 Å². The normalized spacial score (nSPS) is 19.5. The van der Waals surface area contributed by atoms with Crippen molar-refractivity contribution in [2.75, 3.05) is 0 Å². The van der Waals surface area contributed by atoms with Gasteiger partial charge in [-0.2, -0.15) is 0 Å². The van der Waals surface area contributed by atoms with Crippen LogP contribution in [-0.2, 0) is 13.0 Å². The summed E-state index contributed by atoms with van der Waals surface area (Å²) in [5.41, 5.74) is 3.92. The van der Waals surface area contributed by atoms with E-state index in [1.54, 1.807) is 24.3 Å². The molecule has 1 heterocycles. The van der Waals surface area contributed by atoms with Gasteiger partial charge in [0.1, 0.15) is 18.2 Å². The molecule has 0 N–H and O–H groups in total. The van der Waals surface area contributed by atoms with Gasteiger partial charge in [-0.25, -0.2) is 13.8 Å². The summed E-state index contributed by atoms with van der Waals surface area (Å²) in [6.45, 7) is 0.0352. The van der Waals surface area contributed by atoms with E-state index in [2.05, 4.69) is 4.98 Å². The highest BCUT2D eigenvalue weighted by Gasteiger charge is 2.45. The average Bonchev–Trinajstić information content (AvgIpc) is 3.32. The fourth-order valence-electron chi connectivity index (χ4n) is 3.94. The van der Waals surface area contributed by atoms with Crippen molar-refractivity contribution in [1.82, 2.24) is 4.98 Å². The van der Waals surface area contributed by atoms with E-state index in [0.717, 1.165) is 12.3 Å². The molecule has 5 heteroatoms. The van der Waals surface area contributed by atoms with Crippen LogP contribution in [0.15, 0.2) is 48.7 Å². The number of benzene rings is 2. The minimum atomic E-state index is -0.445. The molecule has 2 unspecified atom stereocenters. The summed E-state index contributed by atoms with van der Waals surface area (Å²) in [4.78, 5) is 4.36. The second-order valence-electron chi connectivity index (χ2n) is 7.25. The Hall–Kier alpha value is -2.46. The van der Waals surface area contributed by atoms with Gasteiger partial charge in [-0.3, -0.25) is 0 Å². The molecule has 0 radical (unpaired) electrons. The number of rotatable bonds is 4. The first-order chi connectivity index (χ1) is 13.1. The summed E-state index contributed by atoms with van der Waals surface area (Å²) < 4.78 is 34.1. The van der Waals surface area contributed by atoms with E-state index in [0.29, 0.717) is 33.5 Å². The van der Waals surface area contributed by atoms with Crippen molar-refractivity contribution in [2.45, 2.75) is 25.4 Å². The first-order valence-electron chi connectivity index (χ1n) is 8.94. The van der Waals surface area contributed by atoms with Gasteiger partial charge in [0.2, 0.25) is 5.88 Å². The molecule has 1 saturated carbocycles. The Balaban J connectivity index is 1.37. The van der Waals surface area contributed by atoms with Crippen LogP contribution >= 0.6 is 11.6 Å². The highest BCUT2D eigenvalue weighted by atomic mass is 35.5. The Bertz CT molecular complexity index is 1050. The van der Waals surface area contributed by atoms with Crippen molar-refractivity contribution in [3.05, 3.63) is 82.0 Å². The van der Waals surface area contributed by atoms with Gasteiger partial charge in [-0.1, -0.05) is 17.7 Å². The van der Waals surface area contributed by atoms with Crippen LogP contribution in [0.3, 0.4) is 0 Å². The van der Waals surface area contributed by atoms with Crippen LogP contribution < -0.4 is 4.74 Å². The summed E-state index contributed by atoms with van der Waals surface area (Å²) in [6, 6.07) is 10.9. The molecular weight excluding hydrogens is 368 g/mol. The minimum absolute atomic E-state index is 0.0352. The quantitative estimate of drug-likeness (QED) is 0.558. The number of nitrogens with zero attached hydrogens (tertiary/aromatic N) is 1. The largest absolute Gasteiger partial charge is 0.473 e. The Morgan fingerprint density at radius 2 is 1.96 bits per heavy atom. The first kappa shape index (κ1) is 16.7. The summed E-state index contributed by atoms with van der Waals surface area (Å²) in [6.07, 6.45) is 4.24. The molecule has 2 aliphatic rings. The Morgan fingerprint density at radius 1 is 1.07 bits per heavy atom. The van der Waals surface area contributed by atoms with Crippen molar-refractivity contribution in [2.24, 2.45) is 5.92 Å². The highest BCUT2D eigenvalue weighted by Crippen LogP contribution is 2.56. The van der Waals surface area contributed by atoms with E-state index >= 15 is 0 Å². The summed E-state index contributed by atoms with van der Waals surface area (Å²) in [7, 11) is 0. The molecule has 3 aromatic rings. The van der Waals surface area contributed by atoms with Gasteiger partial charge in [0.15, 0.2) is 0 Å². The maximum Gasteiger partial charge on any atom is 0.213 e. The van der Waals surface area contributed by atoms with Crippen LogP contribution in [0.25, 0.3) is 11.1 Å². The smallest absolute Gasteiger partial charge is 0.213 e. The van der Waals surface area contributed by atoms with Crippen molar-refractivity contribution in [3.8, 4) is 17.0 Å². The molecule has 0 saturated heterocycles. The SMILES string of the molecule is Fc1ccc(-c2ccc(Cl)cc2F)cc1COc1cc2c(cn1)C1CC1C2. The van der Waals surface area contributed by atoms with Crippen LogP contribution in [-0.4, -0.2) is 4.98 Å². The average molecular weight is 384 g/mol. The van der Waals surface area contributed by atoms with E-state index in [4.69, 9.17) is 16.3 Å². The highest BCUT2D eigenvalue weighted by molar-refractivity contribution is 6.30. The van der Waals surface area contributed by atoms with Crippen molar-refractivity contribution in [3.63, 3.8) is 0 Å². The van der Waals surface area contributed by atoms with Gasteiger partial charge >= 0.3 is 0 Å². The number of hydrogen-bond donors (Lipinski definition) is 0.